The zero-order chi connectivity index (χ0) is 15.7. The Labute approximate surface area is 128 Å². The van der Waals surface area contributed by atoms with E-state index in [1.54, 1.807) is 5.38 Å². The minimum atomic E-state index is -0.653. The molecule has 2 heterocycles. The van der Waals surface area contributed by atoms with Crippen LogP contribution in [0.5, 0.6) is 0 Å². The lowest BCUT2D eigenvalue weighted by Crippen LogP contribution is -2.42. The Bertz CT molecular complexity index is 956. The third-order valence-corrected chi connectivity index (χ3v) is 3.87. The van der Waals surface area contributed by atoms with Gasteiger partial charge in [0.2, 0.25) is 5.91 Å². The van der Waals surface area contributed by atoms with Crippen LogP contribution in [0.1, 0.15) is 5.56 Å². The second-order valence-electron chi connectivity index (χ2n) is 4.76. The van der Waals surface area contributed by atoms with Gasteiger partial charge in [0.15, 0.2) is 5.52 Å². The number of nitrogens with zero attached hydrogens (tertiary/aromatic N) is 3. The number of aromatic nitrogens is 3. The highest BCUT2D eigenvalue weighted by atomic mass is 32.1. The zero-order valence-electron chi connectivity index (χ0n) is 11.4. The van der Waals surface area contributed by atoms with Gasteiger partial charge in [-0.25, -0.2) is 4.79 Å². The van der Waals surface area contributed by atoms with E-state index in [-0.39, 0.29) is 18.6 Å². The van der Waals surface area contributed by atoms with E-state index in [0.29, 0.717) is 5.52 Å². The van der Waals surface area contributed by atoms with Gasteiger partial charge in [-0.3, -0.25) is 18.7 Å². The lowest BCUT2D eigenvalue weighted by molar-refractivity contribution is -0.118. The second-order valence-corrected chi connectivity index (χ2v) is 5.39. The first-order chi connectivity index (χ1) is 10.6. The second kappa shape index (κ2) is 5.57. The molecule has 0 fully saturated rings. The van der Waals surface area contributed by atoms with Crippen LogP contribution in [-0.2, 0) is 17.9 Å². The lowest BCUT2D eigenvalue weighted by atomic mass is 10.2. The van der Waals surface area contributed by atoms with Crippen molar-refractivity contribution in [1.82, 2.24) is 13.5 Å². The summed E-state index contributed by atoms with van der Waals surface area (Å²) in [6.45, 7) is -0.173. The van der Waals surface area contributed by atoms with E-state index in [1.807, 2.05) is 30.3 Å². The van der Waals surface area contributed by atoms with Gasteiger partial charge in [0, 0.05) is 5.38 Å². The number of primary amides is 1. The van der Waals surface area contributed by atoms with E-state index < -0.39 is 17.2 Å². The number of amides is 1. The summed E-state index contributed by atoms with van der Waals surface area (Å²) in [5.74, 6) is -0.653. The minimum Gasteiger partial charge on any atom is -0.368 e. The third kappa shape index (κ3) is 2.44. The van der Waals surface area contributed by atoms with Gasteiger partial charge < -0.3 is 5.73 Å². The van der Waals surface area contributed by atoms with E-state index >= 15 is 0 Å². The van der Waals surface area contributed by atoms with Crippen molar-refractivity contribution in [3.8, 4) is 0 Å². The maximum absolute atomic E-state index is 12.5. The fourth-order valence-corrected chi connectivity index (χ4v) is 2.92. The molecule has 0 bridgehead atoms. The highest BCUT2D eigenvalue weighted by molar-refractivity contribution is 7.04. The number of carbonyl (C=O) groups excluding carboxylic acids is 1. The number of fused-ring (bicyclic) bond motifs is 1. The Balaban J connectivity index is 2.23. The summed E-state index contributed by atoms with van der Waals surface area (Å²) in [5, 5.41) is 1.56. The number of carbonyl (C=O) groups is 1. The Morgan fingerprint density at radius 3 is 2.59 bits per heavy atom. The van der Waals surface area contributed by atoms with E-state index in [9.17, 15) is 14.4 Å². The molecule has 1 aromatic carbocycles. The topological polar surface area (TPSA) is 100.0 Å². The maximum Gasteiger partial charge on any atom is 0.332 e. The van der Waals surface area contributed by atoms with Crippen LogP contribution in [0.25, 0.3) is 11.0 Å². The first kappa shape index (κ1) is 14.2. The molecular weight excluding hydrogens is 304 g/mol. The molecule has 0 aliphatic heterocycles. The molecule has 7 nitrogen and oxygen atoms in total. The summed E-state index contributed by atoms with van der Waals surface area (Å²) in [6.07, 6.45) is 0. The molecule has 2 aromatic heterocycles. The fraction of sp³-hybridized carbons (Fsp3) is 0.143. The molecule has 3 rings (SSSR count). The van der Waals surface area contributed by atoms with Gasteiger partial charge in [-0.05, 0) is 17.1 Å². The van der Waals surface area contributed by atoms with Crippen LogP contribution in [-0.4, -0.2) is 19.4 Å². The molecule has 0 spiro atoms. The number of hydrogen-bond acceptors (Lipinski definition) is 5. The van der Waals surface area contributed by atoms with Gasteiger partial charge in [0.05, 0.1) is 12.1 Å². The lowest BCUT2D eigenvalue weighted by Gasteiger charge is -2.10. The van der Waals surface area contributed by atoms with Crippen LogP contribution in [0, 0.1) is 0 Å². The van der Waals surface area contributed by atoms with Crippen LogP contribution >= 0.6 is 11.5 Å². The highest BCUT2D eigenvalue weighted by Crippen LogP contribution is 2.10. The van der Waals surface area contributed by atoms with Crippen LogP contribution in [0.3, 0.4) is 0 Å². The van der Waals surface area contributed by atoms with Crippen molar-refractivity contribution in [3.05, 3.63) is 62.1 Å². The van der Waals surface area contributed by atoms with Gasteiger partial charge >= 0.3 is 5.69 Å². The van der Waals surface area contributed by atoms with E-state index in [1.165, 1.54) is 4.57 Å². The standard InChI is InChI=1S/C14H12N4O3S/c15-11(19)7-17-10-8-22-16-12(10)13(20)18(14(17)21)6-9-4-2-1-3-5-9/h1-5,8H,6-7H2,(H2,15,19). The van der Waals surface area contributed by atoms with E-state index in [4.69, 9.17) is 5.73 Å². The van der Waals surface area contributed by atoms with Crippen LogP contribution < -0.4 is 17.0 Å². The molecular formula is C14H12N4O3S. The van der Waals surface area contributed by atoms with Crippen LogP contribution in [0.2, 0.25) is 0 Å². The molecule has 3 aromatic rings. The van der Waals surface area contributed by atoms with Gasteiger partial charge in [0.1, 0.15) is 6.54 Å². The van der Waals surface area contributed by atoms with Gasteiger partial charge in [-0.1, -0.05) is 30.3 Å². The molecule has 112 valence electrons. The molecule has 0 atom stereocenters. The summed E-state index contributed by atoms with van der Waals surface area (Å²) in [6, 6.07) is 9.12. The van der Waals surface area contributed by atoms with Crippen LogP contribution in [0.15, 0.2) is 45.3 Å². The van der Waals surface area contributed by atoms with Crippen molar-refractivity contribution in [1.29, 1.82) is 0 Å². The average Bonchev–Trinajstić information content (AvgIpc) is 2.98. The average molecular weight is 316 g/mol. The molecule has 1 amide bonds. The van der Waals surface area contributed by atoms with E-state index in [2.05, 4.69) is 4.37 Å². The van der Waals surface area contributed by atoms with Crippen molar-refractivity contribution in [2.75, 3.05) is 0 Å². The van der Waals surface area contributed by atoms with Crippen molar-refractivity contribution < 1.29 is 4.79 Å². The maximum atomic E-state index is 12.5. The molecule has 0 aliphatic carbocycles. The zero-order valence-corrected chi connectivity index (χ0v) is 12.2. The van der Waals surface area contributed by atoms with Gasteiger partial charge in [-0.2, -0.15) is 4.37 Å². The predicted molar refractivity (Wildman–Crippen MR) is 82.9 cm³/mol. The number of rotatable bonds is 4. The Morgan fingerprint density at radius 2 is 1.91 bits per heavy atom. The Morgan fingerprint density at radius 1 is 1.18 bits per heavy atom. The molecule has 0 saturated heterocycles. The summed E-state index contributed by atoms with van der Waals surface area (Å²) in [7, 11) is 0. The molecule has 0 aliphatic rings. The smallest absolute Gasteiger partial charge is 0.332 e. The first-order valence-electron chi connectivity index (χ1n) is 6.48. The van der Waals surface area contributed by atoms with Crippen LogP contribution in [0.4, 0.5) is 0 Å². The summed E-state index contributed by atoms with van der Waals surface area (Å²) in [5.41, 5.74) is 5.47. The minimum absolute atomic E-state index is 0.116. The normalized spacial score (nSPS) is 10.9. The van der Waals surface area contributed by atoms with Crippen molar-refractivity contribution in [2.45, 2.75) is 13.1 Å². The Kier molecular flexibility index (Phi) is 3.60. The first-order valence-corrected chi connectivity index (χ1v) is 7.31. The molecule has 0 unspecified atom stereocenters. The van der Waals surface area contributed by atoms with Crippen molar-refractivity contribution >= 4 is 28.5 Å². The highest BCUT2D eigenvalue weighted by Gasteiger charge is 2.16. The molecule has 8 heteroatoms. The number of hydrogen-bond donors (Lipinski definition) is 1. The summed E-state index contributed by atoms with van der Waals surface area (Å²) < 4.78 is 6.28. The summed E-state index contributed by atoms with van der Waals surface area (Å²) >= 11 is 1.06. The largest absolute Gasteiger partial charge is 0.368 e. The fourth-order valence-electron chi connectivity index (χ4n) is 2.25. The van der Waals surface area contributed by atoms with E-state index in [0.717, 1.165) is 21.7 Å². The summed E-state index contributed by atoms with van der Waals surface area (Å²) in [4.78, 5) is 36.2. The van der Waals surface area contributed by atoms with Gasteiger partial charge in [0.25, 0.3) is 5.56 Å². The quantitative estimate of drug-likeness (QED) is 0.740. The predicted octanol–water partition coefficient (Wildman–Crippen LogP) is 0.153. The van der Waals surface area contributed by atoms with Crippen molar-refractivity contribution in [3.63, 3.8) is 0 Å². The van der Waals surface area contributed by atoms with Crippen molar-refractivity contribution in [2.24, 2.45) is 5.73 Å². The van der Waals surface area contributed by atoms with Gasteiger partial charge in [-0.15, -0.1) is 0 Å². The number of nitrogens with two attached hydrogens (primary N) is 1. The monoisotopic (exact) mass is 316 g/mol. The molecule has 0 saturated carbocycles. The molecule has 0 radical (unpaired) electrons. The number of benzene rings is 1. The third-order valence-electron chi connectivity index (χ3n) is 3.25. The SMILES string of the molecule is NC(=O)Cn1c(=O)n(Cc2ccccc2)c(=O)c2nscc21. The molecule has 2 N–H and O–H groups in total. The Hall–Kier alpha value is -2.74. The molecule has 22 heavy (non-hydrogen) atoms.